The van der Waals surface area contributed by atoms with Crippen molar-refractivity contribution in [2.75, 3.05) is 64.0 Å². The summed E-state index contributed by atoms with van der Waals surface area (Å²) in [5, 5.41) is 10.9. The van der Waals surface area contributed by atoms with Crippen molar-refractivity contribution in [2.24, 2.45) is 0 Å². The molecule has 4 rings (SSSR count). The zero-order valence-corrected chi connectivity index (χ0v) is 23.0. The van der Waals surface area contributed by atoms with Gasteiger partial charge in [-0.15, -0.1) is 0 Å². The lowest BCUT2D eigenvalue weighted by molar-refractivity contribution is 0.0223. The predicted octanol–water partition coefficient (Wildman–Crippen LogP) is 2.19. The lowest BCUT2D eigenvalue weighted by Gasteiger charge is -2.36. The second-order valence-corrected chi connectivity index (χ2v) is 11.3. The summed E-state index contributed by atoms with van der Waals surface area (Å²) in [6.45, 7) is 2.52. The number of benzene rings is 1. The van der Waals surface area contributed by atoms with Crippen molar-refractivity contribution in [2.45, 2.75) is 37.8 Å². The molecule has 1 aliphatic heterocycles. The second-order valence-electron chi connectivity index (χ2n) is 9.29. The first-order chi connectivity index (χ1) is 18.8. The largest absolute Gasteiger partial charge is 0.487 e. The molecule has 0 amide bonds. The fourth-order valence-electron chi connectivity index (χ4n) is 4.46. The number of likely N-dealkylation sites (N-methyl/N-ethyl adjacent to an activating group) is 1. The topological polar surface area (TPSA) is 171 Å². The maximum atomic E-state index is 12.2. The van der Waals surface area contributed by atoms with Crippen molar-refractivity contribution in [3.8, 4) is 17.4 Å². The molecular formula is C25H36N6O7S. The standard InChI is InChI=1S/C25H36N6O7S/c1-31(39(2,32)33)19-5-3-4-6-20(19)38-24-18(16-26)23(27)29-25(30-24)28-17-7-8-21-22(15-17)37-14-12-35-10-9-34-11-13-36-21/h7-8,15-16,19-20,26H,3-6,9-14H2,1-2H3,(H3,27,28,29,30)/t19-,20-/m1/s1. The fourth-order valence-corrected chi connectivity index (χ4v) is 5.19. The highest BCUT2D eigenvalue weighted by Gasteiger charge is 2.35. The highest BCUT2D eigenvalue weighted by atomic mass is 32.2. The zero-order valence-electron chi connectivity index (χ0n) is 22.2. The Morgan fingerprint density at radius 2 is 1.72 bits per heavy atom. The number of ether oxygens (including phenoxy) is 5. The molecule has 0 unspecified atom stereocenters. The van der Waals surface area contributed by atoms with Crippen LogP contribution < -0.4 is 25.3 Å². The van der Waals surface area contributed by atoms with Crippen LogP contribution in [0.1, 0.15) is 31.2 Å². The second kappa shape index (κ2) is 13.2. The molecule has 1 aliphatic carbocycles. The van der Waals surface area contributed by atoms with Gasteiger partial charge >= 0.3 is 0 Å². The normalized spacial score (nSPS) is 20.9. The molecule has 1 fully saturated rings. The number of sulfonamides is 1. The van der Waals surface area contributed by atoms with E-state index in [4.69, 9.17) is 34.8 Å². The van der Waals surface area contributed by atoms with Crippen molar-refractivity contribution in [1.29, 1.82) is 5.41 Å². The Hall–Kier alpha value is -3.20. The summed E-state index contributed by atoms with van der Waals surface area (Å²) in [6.07, 6.45) is 4.85. The molecule has 2 aliphatic rings. The van der Waals surface area contributed by atoms with Crippen LogP contribution >= 0.6 is 0 Å². The average molecular weight is 565 g/mol. The third-order valence-corrected chi connectivity index (χ3v) is 7.86. The Kier molecular flexibility index (Phi) is 9.78. The van der Waals surface area contributed by atoms with E-state index in [2.05, 4.69) is 15.3 Å². The van der Waals surface area contributed by atoms with Gasteiger partial charge < -0.3 is 40.1 Å². The molecule has 39 heavy (non-hydrogen) atoms. The minimum absolute atomic E-state index is 0.0596. The smallest absolute Gasteiger partial charge is 0.232 e. The Labute approximate surface area is 228 Å². The van der Waals surface area contributed by atoms with E-state index in [1.165, 1.54) is 10.6 Å². The number of nitrogens with two attached hydrogens (primary N) is 1. The molecule has 2 aromatic rings. The minimum Gasteiger partial charge on any atom is -0.487 e. The van der Waals surface area contributed by atoms with E-state index in [0.29, 0.717) is 69.7 Å². The monoisotopic (exact) mass is 564 g/mol. The van der Waals surface area contributed by atoms with Crippen LogP contribution in [0.2, 0.25) is 0 Å². The van der Waals surface area contributed by atoms with Crippen molar-refractivity contribution in [3.63, 3.8) is 0 Å². The van der Waals surface area contributed by atoms with Gasteiger partial charge in [0.05, 0.1) is 44.3 Å². The van der Waals surface area contributed by atoms with E-state index in [0.717, 1.165) is 19.1 Å². The fraction of sp³-hybridized carbons (Fsp3) is 0.560. The van der Waals surface area contributed by atoms with Crippen LogP contribution in [0.4, 0.5) is 17.5 Å². The maximum absolute atomic E-state index is 12.2. The van der Waals surface area contributed by atoms with Crippen LogP contribution in [0, 0.1) is 5.41 Å². The predicted molar refractivity (Wildman–Crippen MR) is 146 cm³/mol. The van der Waals surface area contributed by atoms with Gasteiger partial charge in [-0.1, -0.05) is 6.42 Å². The summed E-state index contributed by atoms with van der Waals surface area (Å²) in [5.74, 6) is 1.40. The SMILES string of the molecule is CN([C@@H]1CCCC[C@H]1Oc1nc(Nc2ccc3c(c2)OCCOCCOCCO3)nc(N)c1C=N)S(C)(=O)=O. The van der Waals surface area contributed by atoms with E-state index in [1.807, 2.05) is 0 Å². The summed E-state index contributed by atoms with van der Waals surface area (Å²) >= 11 is 0. The molecule has 2 heterocycles. The molecule has 0 bridgehead atoms. The molecule has 0 radical (unpaired) electrons. The number of hydrogen-bond donors (Lipinski definition) is 3. The molecule has 1 aromatic heterocycles. The van der Waals surface area contributed by atoms with E-state index in [-0.39, 0.29) is 29.3 Å². The molecule has 1 saturated carbocycles. The lowest BCUT2D eigenvalue weighted by Crippen LogP contribution is -2.48. The number of nitrogens with one attached hydrogen (secondary N) is 2. The summed E-state index contributed by atoms with van der Waals surface area (Å²) in [4.78, 5) is 8.78. The van der Waals surface area contributed by atoms with Gasteiger partial charge in [-0.05, 0) is 31.4 Å². The number of rotatable bonds is 7. The first kappa shape index (κ1) is 28.8. The van der Waals surface area contributed by atoms with Crippen LogP contribution in [0.3, 0.4) is 0 Å². The van der Waals surface area contributed by atoms with Crippen LogP contribution in [0.25, 0.3) is 0 Å². The highest BCUT2D eigenvalue weighted by Crippen LogP contribution is 2.33. The van der Waals surface area contributed by atoms with Crippen molar-refractivity contribution >= 4 is 33.7 Å². The number of aromatic nitrogens is 2. The molecule has 214 valence electrons. The third kappa shape index (κ3) is 7.68. The third-order valence-electron chi connectivity index (χ3n) is 6.55. The highest BCUT2D eigenvalue weighted by molar-refractivity contribution is 7.88. The Bertz CT molecular complexity index is 1250. The zero-order chi connectivity index (χ0) is 27.8. The molecular weight excluding hydrogens is 528 g/mol. The number of anilines is 3. The Balaban J connectivity index is 1.56. The quantitative estimate of drug-likeness (QED) is 0.421. The summed E-state index contributed by atoms with van der Waals surface area (Å²) in [6, 6.07) is 4.95. The van der Waals surface area contributed by atoms with Gasteiger partial charge in [-0.25, -0.2) is 8.42 Å². The van der Waals surface area contributed by atoms with Crippen LogP contribution in [-0.4, -0.2) is 94.0 Å². The van der Waals surface area contributed by atoms with Gasteiger partial charge in [-0.3, -0.25) is 0 Å². The molecule has 4 N–H and O–H groups in total. The number of nitrogen functional groups attached to an aromatic ring is 1. The van der Waals surface area contributed by atoms with Gasteiger partial charge in [0.2, 0.25) is 21.9 Å². The minimum atomic E-state index is -3.42. The molecule has 0 saturated heterocycles. The molecule has 14 heteroatoms. The number of fused-ring (bicyclic) bond motifs is 1. The van der Waals surface area contributed by atoms with E-state index in [9.17, 15) is 8.42 Å². The van der Waals surface area contributed by atoms with E-state index < -0.39 is 16.1 Å². The van der Waals surface area contributed by atoms with Crippen molar-refractivity contribution < 1.29 is 32.1 Å². The van der Waals surface area contributed by atoms with Crippen LogP contribution in [-0.2, 0) is 19.5 Å². The van der Waals surface area contributed by atoms with E-state index >= 15 is 0 Å². The van der Waals surface area contributed by atoms with Crippen LogP contribution in [0.15, 0.2) is 18.2 Å². The molecule has 0 spiro atoms. The maximum Gasteiger partial charge on any atom is 0.232 e. The van der Waals surface area contributed by atoms with Crippen molar-refractivity contribution in [1.82, 2.24) is 14.3 Å². The molecule has 13 nitrogen and oxygen atoms in total. The van der Waals surface area contributed by atoms with Gasteiger partial charge in [0.25, 0.3) is 0 Å². The number of nitrogens with zero attached hydrogens (tertiary/aromatic N) is 3. The summed E-state index contributed by atoms with van der Waals surface area (Å²) < 4.78 is 54.7. The Morgan fingerprint density at radius 3 is 2.41 bits per heavy atom. The van der Waals surface area contributed by atoms with Gasteiger partial charge in [-0.2, -0.15) is 14.3 Å². The first-order valence-corrected chi connectivity index (χ1v) is 14.7. The summed E-state index contributed by atoms with van der Waals surface area (Å²) in [7, 11) is -1.86. The van der Waals surface area contributed by atoms with E-state index in [1.54, 1.807) is 25.2 Å². The molecule has 2 atom stereocenters. The lowest BCUT2D eigenvalue weighted by atomic mass is 9.92. The Morgan fingerprint density at radius 1 is 1.05 bits per heavy atom. The average Bonchev–Trinajstić information content (AvgIpc) is 2.89. The van der Waals surface area contributed by atoms with Gasteiger partial charge in [0.1, 0.15) is 25.1 Å². The van der Waals surface area contributed by atoms with Crippen LogP contribution in [0.5, 0.6) is 17.4 Å². The number of hydrogen-bond acceptors (Lipinski definition) is 12. The van der Waals surface area contributed by atoms with Crippen molar-refractivity contribution in [3.05, 3.63) is 23.8 Å². The molecule has 1 aromatic carbocycles. The first-order valence-electron chi connectivity index (χ1n) is 12.9. The van der Waals surface area contributed by atoms with Gasteiger partial charge in [0.15, 0.2) is 11.5 Å². The van der Waals surface area contributed by atoms with Gasteiger partial charge in [0, 0.05) is 25.0 Å². The summed E-state index contributed by atoms with van der Waals surface area (Å²) in [5.41, 5.74) is 7.00.